The summed E-state index contributed by atoms with van der Waals surface area (Å²) < 4.78 is 25.9. The number of sulfonamides is 1. The lowest BCUT2D eigenvalue weighted by Crippen LogP contribution is -2.48. The van der Waals surface area contributed by atoms with Gasteiger partial charge in [0.15, 0.2) is 0 Å². The lowest BCUT2D eigenvalue weighted by molar-refractivity contribution is -0.114. The van der Waals surface area contributed by atoms with E-state index < -0.39 is 10.0 Å². The van der Waals surface area contributed by atoms with E-state index in [0.717, 1.165) is 25.9 Å². The summed E-state index contributed by atoms with van der Waals surface area (Å²) in [6.45, 7) is 6.81. The van der Waals surface area contributed by atoms with Crippen LogP contribution in [0.5, 0.6) is 0 Å². The van der Waals surface area contributed by atoms with Crippen LogP contribution in [0, 0.1) is 6.92 Å². The number of carbonyl (C=O) groups excluding carboxylic acids is 2. The van der Waals surface area contributed by atoms with Crippen LogP contribution >= 0.6 is 0 Å². The molecule has 0 aliphatic carbocycles. The molecule has 31 heavy (non-hydrogen) atoms. The fourth-order valence-corrected chi connectivity index (χ4v) is 4.18. The molecule has 0 unspecified atom stereocenters. The summed E-state index contributed by atoms with van der Waals surface area (Å²) in [6.07, 6.45) is 1.04. The zero-order chi connectivity index (χ0) is 22.6. The average Bonchev–Trinajstić information content (AvgIpc) is 2.69. The van der Waals surface area contributed by atoms with Gasteiger partial charge in [0.05, 0.1) is 17.5 Å². The number of hydrogen-bond donors (Lipinski definition) is 2. The maximum atomic E-state index is 13.2. The van der Waals surface area contributed by atoms with E-state index in [1.807, 2.05) is 12.1 Å². The van der Waals surface area contributed by atoms with Crippen LogP contribution in [0.1, 0.15) is 28.4 Å². The highest BCUT2D eigenvalue weighted by Gasteiger charge is 2.25. The number of hydrogen-bond acceptors (Lipinski definition) is 5. The van der Waals surface area contributed by atoms with Crippen LogP contribution in [-0.2, 0) is 21.4 Å². The van der Waals surface area contributed by atoms with Crippen LogP contribution in [0.25, 0.3) is 0 Å². The van der Waals surface area contributed by atoms with E-state index >= 15 is 0 Å². The van der Waals surface area contributed by atoms with E-state index in [0.29, 0.717) is 18.8 Å². The fourth-order valence-electron chi connectivity index (χ4n) is 3.60. The van der Waals surface area contributed by atoms with Crippen LogP contribution in [0.15, 0.2) is 42.5 Å². The molecule has 2 amide bonds. The van der Waals surface area contributed by atoms with Gasteiger partial charge in [0.1, 0.15) is 0 Å². The van der Waals surface area contributed by atoms with E-state index in [1.165, 1.54) is 30.2 Å². The first kappa shape index (κ1) is 22.8. The summed E-state index contributed by atoms with van der Waals surface area (Å²) in [6, 6.07) is 12.8. The Morgan fingerprint density at radius 3 is 2.32 bits per heavy atom. The number of rotatable bonds is 6. The Kier molecular flexibility index (Phi) is 6.97. The van der Waals surface area contributed by atoms with E-state index in [1.54, 1.807) is 11.0 Å². The third kappa shape index (κ3) is 6.28. The van der Waals surface area contributed by atoms with Crippen LogP contribution in [0.3, 0.4) is 0 Å². The van der Waals surface area contributed by atoms with Crippen LogP contribution in [0.2, 0.25) is 0 Å². The molecule has 3 rings (SSSR count). The fraction of sp³-hybridized carbons (Fsp3) is 0.364. The van der Waals surface area contributed by atoms with Crippen molar-refractivity contribution in [3.63, 3.8) is 0 Å². The number of aryl methyl sites for hydroxylation is 1. The minimum atomic E-state index is -3.56. The molecule has 8 nitrogen and oxygen atoms in total. The molecule has 1 aliphatic rings. The van der Waals surface area contributed by atoms with Gasteiger partial charge in [-0.05, 0) is 36.2 Å². The predicted octanol–water partition coefficient (Wildman–Crippen LogP) is 2.28. The molecular formula is C22H28N4O4S. The second-order valence-electron chi connectivity index (χ2n) is 7.81. The monoisotopic (exact) mass is 444 g/mol. The summed E-state index contributed by atoms with van der Waals surface area (Å²) >= 11 is 0. The molecule has 1 heterocycles. The molecule has 0 radical (unpaired) electrons. The number of nitrogens with one attached hydrogen (secondary N) is 2. The number of nitrogens with zero attached hydrogens (tertiary/aromatic N) is 2. The Labute approximate surface area is 183 Å². The van der Waals surface area contributed by atoms with Gasteiger partial charge in [-0.2, -0.15) is 0 Å². The van der Waals surface area contributed by atoms with Crippen molar-refractivity contribution in [2.24, 2.45) is 0 Å². The Bertz CT molecular complexity index is 1080. The summed E-state index contributed by atoms with van der Waals surface area (Å²) in [5.74, 6) is -0.541. The van der Waals surface area contributed by atoms with Gasteiger partial charge in [-0.15, -0.1) is 0 Å². The highest BCUT2D eigenvalue weighted by Crippen LogP contribution is 2.24. The Hall–Kier alpha value is -2.91. The molecular weight excluding hydrogens is 416 g/mol. The molecule has 0 bridgehead atoms. The second-order valence-corrected chi connectivity index (χ2v) is 9.56. The van der Waals surface area contributed by atoms with Gasteiger partial charge in [0, 0.05) is 45.3 Å². The highest BCUT2D eigenvalue weighted by atomic mass is 32.2. The molecule has 2 aromatic rings. The summed E-state index contributed by atoms with van der Waals surface area (Å²) in [5.41, 5.74) is 3.36. The van der Waals surface area contributed by atoms with E-state index in [4.69, 9.17) is 0 Å². The van der Waals surface area contributed by atoms with Crippen molar-refractivity contribution in [2.45, 2.75) is 20.4 Å². The quantitative estimate of drug-likeness (QED) is 0.712. The van der Waals surface area contributed by atoms with Crippen molar-refractivity contribution >= 4 is 33.2 Å². The first-order chi connectivity index (χ1) is 14.6. The Morgan fingerprint density at radius 1 is 1.03 bits per heavy atom. The molecule has 1 saturated heterocycles. The van der Waals surface area contributed by atoms with Crippen molar-refractivity contribution in [3.8, 4) is 0 Å². The van der Waals surface area contributed by atoms with Gasteiger partial charge >= 0.3 is 0 Å². The lowest BCUT2D eigenvalue weighted by atomic mass is 10.1. The number of piperazine rings is 1. The number of anilines is 2. The molecule has 2 aromatic carbocycles. The standard InChI is InChI=1S/C22H28N4O4S/c1-16-6-4-5-7-18(16)15-25-10-12-26(13-11-25)22(28)20-14-19(23-17(2)27)8-9-21(20)24-31(3,29)30/h4-9,14,24H,10-13,15H2,1-3H3,(H,23,27). The summed E-state index contributed by atoms with van der Waals surface area (Å²) in [5, 5.41) is 2.64. The van der Waals surface area contributed by atoms with Gasteiger partial charge in [-0.1, -0.05) is 24.3 Å². The Balaban J connectivity index is 1.74. The predicted molar refractivity (Wildman–Crippen MR) is 122 cm³/mol. The third-order valence-corrected chi connectivity index (χ3v) is 5.77. The molecule has 1 fully saturated rings. The molecule has 2 N–H and O–H groups in total. The molecule has 0 spiro atoms. The van der Waals surface area contributed by atoms with Gasteiger partial charge in [-0.3, -0.25) is 19.2 Å². The molecule has 0 saturated carbocycles. The van der Waals surface area contributed by atoms with Crippen LogP contribution in [-0.4, -0.2) is 62.5 Å². The lowest BCUT2D eigenvalue weighted by Gasteiger charge is -2.35. The number of amides is 2. The first-order valence-electron chi connectivity index (χ1n) is 10.1. The molecule has 166 valence electrons. The largest absolute Gasteiger partial charge is 0.336 e. The van der Waals surface area contributed by atoms with Crippen LogP contribution in [0.4, 0.5) is 11.4 Å². The van der Waals surface area contributed by atoms with Crippen LogP contribution < -0.4 is 10.0 Å². The average molecular weight is 445 g/mol. The van der Waals surface area contributed by atoms with E-state index in [9.17, 15) is 18.0 Å². The summed E-state index contributed by atoms with van der Waals surface area (Å²) in [7, 11) is -3.56. The molecule has 9 heteroatoms. The zero-order valence-corrected chi connectivity index (χ0v) is 18.8. The minimum absolute atomic E-state index is 0.198. The van der Waals surface area contributed by atoms with E-state index in [-0.39, 0.29) is 23.1 Å². The first-order valence-corrected chi connectivity index (χ1v) is 12.0. The third-order valence-electron chi connectivity index (χ3n) is 5.18. The maximum Gasteiger partial charge on any atom is 0.256 e. The highest BCUT2D eigenvalue weighted by molar-refractivity contribution is 7.92. The van der Waals surface area contributed by atoms with Crippen molar-refractivity contribution in [1.29, 1.82) is 0 Å². The van der Waals surface area contributed by atoms with E-state index in [2.05, 4.69) is 34.0 Å². The van der Waals surface area contributed by atoms with Crippen molar-refractivity contribution in [3.05, 3.63) is 59.2 Å². The summed E-state index contributed by atoms with van der Waals surface area (Å²) in [4.78, 5) is 28.6. The second kappa shape index (κ2) is 9.49. The van der Waals surface area contributed by atoms with Gasteiger partial charge in [0.25, 0.3) is 5.91 Å². The number of benzene rings is 2. The zero-order valence-electron chi connectivity index (χ0n) is 18.0. The molecule has 0 atom stereocenters. The minimum Gasteiger partial charge on any atom is -0.336 e. The van der Waals surface area contributed by atoms with Gasteiger partial charge in [0.2, 0.25) is 15.9 Å². The molecule has 1 aliphatic heterocycles. The Morgan fingerprint density at radius 2 is 1.71 bits per heavy atom. The van der Waals surface area contributed by atoms with Crippen molar-refractivity contribution in [1.82, 2.24) is 9.80 Å². The van der Waals surface area contributed by atoms with Gasteiger partial charge < -0.3 is 10.2 Å². The smallest absolute Gasteiger partial charge is 0.256 e. The normalized spacial score (nSPS) is 14.9. The van der Waals surface area contributed by atoms with Crippen molar-refractivity contribution in [2.75, 3.05) is 42.5 Å². The van der Waals surface area contributed by atoms with Crippen molar-refractivity contribution < 1.29 is 18.0 Å². The number of carbonyl (C=O) groups is 2. The molecule has 0 aromatic heterocycles. The SMILES string of the molecule is CC(=O)Nc1ccc(NS(C)(=O)=O)c(C(=O)N2CCN(Cc3ccccc3C)CC2)c1. The van der Waals surface area contributed by atoms with Gasteiger partial charge in [-0.25, -0.2) is 8.42 Å². The maximum absolute atomic E-state index is 13.2. The topological polar surface area (TPSA) is 98.8 Å².